The number of carbonyl (C=O) groups is 1. The molecular weight excluding hydrogens is 380 g/mol. The second-order valence-corrected chi connectivity index (χ2v) is 7.41. The van der Waals surface area contributed by atoms with Gasteiger partial charge >= 0.3 is 0 Å². The van der Waals surface area contributed by atoms with Crippen LogP contribution < -0.4 is 5.32 Å². The maximum absolute atomic E-state index is 12.6. The van der Waals surface area contributed by atoms with Crippen molar-refractivity contribution in [2.75, 3.05) is 0 Å². The molecule has 0 bridgehead atoms. The molecular formula is C22H20N6O2. The molecule has 3 aromatic heterocycles. The zero-order chi connectivity index (χ0) is 20.5. The Morgan fingerprint density at radius 2 is 2.03 bits per heavy atom. The number of rotatable bonds is 6. The van der Waals surface area contributed by atoms with Crippen molar-refractivity contribution < 1.29 is 9.32 Å². The zero-order valence-corrected chi connectivity index (χ0v) is 16.4. The van der Waals surface area contributed by atoms with Crippen LogP contribution in [-0.2, 0) is 0 Å². The van der Waals surface area contributed by atoms with Gasteiger partial charge in [-0.2, -0.15) is 4.98 Å². The molecule has 5 rings (SSSR count). The van der Waals surface area contributed by atoms with Gasteiger partial charge in [0.1, 0.15) is 17.8 Å². The van der Waals surface area contributed by atoms with Crippen molar-refractivity contribution in [3.05, 3.63) is 78.3 Å². The van der Waals surface area contributed by atoms with Crippen molar-refractivity contribution in [3.63, 3.8) is 0 Å². The Morgan fingerprint density at radius 1 is 1.20 bits per heavy atom. The lowest BCUT2D eigenvalue weighted by Gasteiger charge is -2.13. The third-order valence-electron chi connectivity index (χ3n) is 5.10. The SMILES string of the molecule is CC(NC(=O)c1cn(-c2cc(-c3nc(C4CC4)no3)ccn2)cn1)c1ccccc1. The Morgan fingerprint density at radius 3 is 2.83 bits per heavy atom. The summed E-state index contributed by atoms with van der Waals surface area (Å²) < 4.78 is 7.09. The molecule has 4 aromatic rings. The van der Waals surface area contributed by atoms with Gasteiger partial charge in [0, 0.05) is 23.9 Å². The lowest BCUT2D eigenvalue weighted by Crippen LogP contribution is -2.26. The number of carbonyl (C=O) groups excluding carboxylic acids is 1. The molecule has 1 atom stereocenters. The Labute approximate surface area is 173 Å². The van der Waals surface area contributed by atoms with Crippen molar-refractivity contribution in [1.29, 1.82) is 0 Å². The van der Waals surface area contributed by atoms with Crippen molar-refractivity contribution >= 4 is 5.91 Å². The summed E-state index contributed by atoms with van der Waals surface area (Å²) >= 11 is 0. The third-order valence-corrected chi connectivity index (χ3v) is 5.10. The summed E-state index contributed by atoms with van der Waals surface area (Å²) in [6, 6.07) is 13.3. The first-order valence-corrected chi connectivity index (χ1v) is 9.87. The summed E-state index contributed by atoms with van der Waals surface area (Å²) in [5, 5.41) is 7.02. The smallest absolute Gasteiger partial charge is 0.271 e. The highest BCUT2D eigenvalue weighted by Gasteiger charge is 2.29. The summed E-state index contributed by atoms with van der Waals surface area (Å²) in [5.74, 6) is 2.03. The third kappa shape index (κ3) is 3.71. The minimum atomic E-state index is -0.243. The molecule has 150 valence electrons. The van der Waals surface area contributed by atoms with Gasteiger partial charge in [-0.1, -0.05) is 35.5 Å². The van der Waals surface area contributed by atoms with Crippen LogP contribution in [0.25, 0.3) is 17.3 Å². The molecule has 0 radical (unpaired) electrons. The molecule has 0 spiro atoms. The fourth-order valence-corrected chi connectivity index (χ4v) is 3.21. The number of nitrogens with one attached hydrogen (secondary N) is 1. The summed E-state index contributed by atoms with van der Waals surface area (Å²) in [7, 11) is 0. The lowest BCUT2D eigenvalue weighted by molar-refractivity contribution is 0.0935. The number of hydrogen-bond acceptors (Lipinski definition) is 6. The second kappa shape index (κ2) is 7.55. The Kier molecular flexibility index (Phi) is 4.59. The van der Waals surface area contributed by atoms with Gasteiger partial charge < -0.3 is 9.84 Å². The van der Waals surface area contributed by atoms with Gasteiger partial charge in [0.05, 0.1) is 6.04 Å². The van der Waals surface area contributed by atoms with E-state index in [-0.39, 0.29) is 11.9 Å². The quantitative estimate of drug-likeness (QED) is 0.530. The van der Waals surface area contributed by atoms with E-state index in [0.29, 0.717) is 23.3 Å². The molecule has 1 unspecified atom stereocenters. The van der Waals surface area contributed by atoms with E-state index in [1.54, 1.807) is 23.3 Å². The van der Waals surface area contributed by atoms with Gasteiger partial charge in [-0.05, 0) is 37.5 Å². The maximum Gasteiger partial charge on any atom is 0.271 e. The molecule has 1 aromatic carbocycles. The molecule has 1 saturated carbocycles. The van der Waals surface area contributed by atoms with Crippen molar-refractivity contribution in [2.45, 2.75) is 31.7 Å². The highest BCUT2D eigenvalue weighted by molar-refractivity contribution is 5.92. The van der Waals surface area contributed by atoms with Crippen LogP contribution in [0.4, 0.5) is 0 Å². The largest absolute Gasteiger partial charge is 0.344 e. The summed E-state index contributed by atoms with van der Waals surface area (Å²) in [5.41, 5.74) is 2.13. The minimum Gasteiger partial charge on any atom is -0.344 e. The number of imidazole rings is 1. The number of nitrogens with zero attached hydrogens (tertiary/aromatic N) is 5. The first kappa shape index (κ1) is 18.2. The van der Waals surface area contributed by atoms with E-state index in [4.69, 9.17) is 4.52 Å². The first-order valence-electron chi connectivity index (χ1n) is 9.87. The number of pyridine rings is 1. The number of hydrogen-bond donors (Lipinski definition) is 1. The van der Waals surface area contributed by atoms with Gasteiger partial charge in [-0.3, -0.25) is 9.36 Å². The normalized spacial score (nSPS) is 14.4. The highest BCUT2D eigenvalue weighted by atomic mass is 16.5. The maximum atomic E-state index is 12.6. The summed E-state index contributed by atoms with van der Waals surface area (Å²) in [6.07, 6.45) is 7.12. The van der Waals surface area contributed by atoms with E-state index in [2.05, 4.69) is 25.4 Å². The lowest BCUT2D eigenvalue weighted by atomic mass is 10.1. The van der Waals surface area contributed by atoms with Gasteiger partial charge in [0.2, 0.25) is 0 Å². The molecule has 1 amide bonds. The molecule has 1 aliphatic rings. The van der Waals surface area contributed by atoms with E-state index in [9.17, 15) is 4.79 Å². The average Bonchev–Trinajstić information content (AvgIpc) is 3.30. The standard InChI is InChI=1S/C22H20N6O2/c1-14(15-5-3-2-4-6-15)25-21(29)18-12-28(13-24-18)19-11-17(9-10-23-19)22-26-20(27-30-22)16-7-8-16/h2-6,9-14,16H,7-8H2,1H3,(H,25,29). The van der Waals surface area contributed by atoms with E-state index in [1.807, 2.05) is 49.4 Å². The minimum absolute atomic E-state index is 0.122. The van der Waals surface area contributed by atoms with Gasteiger partial charge in [0.15, 0.2) is 5.82 Å². The molecule has 0 aliphatic heterocycles. The molecule has 8 nitrogen and oxygen atoms in total. The summed E-state index contributed by atoms with van der Waals surface area (Å²) in [4.78, 5) is 25.7. The predicted octanol–water partition coefficient (Wildman–Crippen LogP) is 3.69. The van der Waals surface area contributed by atoms with Crippen LogP contribution in [0.3, 0.4) is 0 Å². The van der Waals surface area contributed by atoms with Crippen LogP contribution in [0.5, 0.6) is 0 Å². The molecule has 3 heterocycles. The number of benzene rings is 1. The highest BCUT2D eigenvalue weighted by Crippen LogP contribution is 2.38. The molecule has 1 fully saturated rings. The fraction of sp³-hybridized carbons (Fsp3) is 0.227. The zero-order valence-electron chi connectivity index (χ0n) is 16.4. The fourth-order valence-electron chi connectivity index (χ4n) is 3.21. The average molecular weight is 400 g/mol. The van der Waals surface area contributed by atoms with Crippen LogP contribution >= 0.6 is 0 Å². The first-order chi connectivity index (χ1) is 14.7. The van der Waals surface area contributed by atoms with Crippen LogP contribution in [0, 0.1) is 0 Å². The molecule has 1 aliphatic carbocycles. The Bertz CT molecular complexity index is 1180. The molecule has 30 heavy (non-hydrogen) atoms. The van der Waals surface area contributed by atoms with Crippen molar-refractivity contribution in [1.82, 2.24) is 30.0 Å². The van der Waals surface area contributed by atoms with E-state index >= 15 is 0 Å². The van der Waals surface area contributed by atoms with E-state index in [1.165, 1.54) is 0 Å². The van der Waals surface area contributed by atoms with E-state index in [0.717, 1.165) is 29.8 Å². The van der Waals surface area contributed by atoms with Gasteiger partial charge in [0.25, 0.3) is 11.8 Å². The molecule has 0 saturated heterocycles. The second-order valence-electron chi connectivity index (χ2n) is 7.41. The van der Waals surface area contributed by atoms with Crippen molar-refractivity contribution in [2.24, 2.45) is 0 Å². The number of aromatic nitrogens is 5. The summed E-state index contributed by atoms with van der Waals surface area (Å²) in [6.45, 7) is 1.94. The molecule has 1 N–H and O–H groups in total. The van der Waals surface area contributed by atoms with Crippen LogP contribution in [-0.4, -0.2) is 30.6 Å². The Balaban J connectivity index is 1.33. The predicted molar refractivity (Wildman–Crippen MR) is 109 cm³/mol. The van der Waals surface area contributed by atoms with Crippen LogP contribution in [0.2, 0.25) is 0 Å². The van der Waals surface area contributed by atoms with Gasteiger partial charge in [-0.15, -0.1) is 0 Å². The van der Waals surface area contributed by atoms with Crippen LogP contribution in [0.15, 0.2) is 65.7 Å². The number of amides is 1. The topological polar surface area (TPSA) is 98.7 Å². The Hall–Kier alpha value is -3.81. The monoisotopic (exact) mass is 400 g/mol. The molecule has 8 heteroatoms. The van der Waals surface area contributed by atoms with Crippen molar-refractivity contribution in [3.8, 4) is 17.3 Å². The van der Waals surface area contributed by atoms with Crippen LogP contribution in [0.1, 0.15) is 53.6 Å². The van der Waals surface area contributed by atoms with Gasteiger partial charge in [-0.25, -0.2) is 9.97 Å². The van der Waals surface area contributed by atoms with E-state index < -0.39 is 0 Å².